The minimum atomic E-state index is 0.195. The molecule has 0 amide bonds. The van der Waals surface area contributed by atoms with E-state index in [1.807, 2.05) is 43.3 Å². The molecule has 0 aliphatic rings. The van der Waals surface area contributed by atoms with Gasteiger partial charge in [0.05, 0.1) is 33.6 Å². The van der Waals surface area contributed by atoms with Crippen LogP contribution in [-0.2, 0) is 6.54 Å². The van der Waals surface area contributed by atoms with Gasteiger partial charge >= 0.3 is 0 Å². The predicted molar refractivity (Wildman–Crippen MR) is 106 cm³/mol. The van der Waals surface area contributed by atoms with Crippen LogP contribution >= 0.6 is 0 Å². The van der Waals surface area contributed by atoms with Crippen LogP contribution in [0.5, 0.6) is 23.0 Å². The molecule has 2 rings (SSSR count). The molecule has 0 spiro atoms. The summed E-state index contributed by atoms with van der Waals surface area (Å²) in [4.78, 5) is 0. The smallest absolute Gasteiger partial charge is 0.162 e. The molecule has 6 nitrogen and oxygen atoms in total. The molecule has 27 heavy (non-hydrogen) atoms. The first-order valence-electron chi connectivity index (χ1n) is 8.51. The molecule has 0 saturated heterocycles. The summed E-state index contributed by atoms with van der Waals surface area (Å²) in [6.07, 6.45) is 6.95. The van der Waals surface area contributed by atoms with Gasteiger partial charge in [0.1, 0.15) is 6.61 Å². The molecule has 1 N–H and O–H groups in total. The van der Waals surface area contributed by atoms with Gasteiger partial charge in [-0.15, -0.1) is 6.42 Å². The maximum Gasteiger partial charge on any atom is 0.162 e. The maximum absolute atomic E-state index is 5.60. The molecule has 0 aliphatic carbocycles. The van der Waals surface area contributed by atoms with Crippen molar-refractivity contribution in [2.45, 2.75) is 13.5 Å². The highest BCUT2D eigenvalue weighted by Gasteiger charge is 2.06. The first kappa shape index (κ1) is 20.0. The first-order valence-corrected chi connectivity index (χ1v) is 8.51. The molecule has 2 aromatic rings. The fraction of sp³-hybridized carbons (Fsp3) is 0.286. The number of hydrogen-bond donors (Lipinski definition) is 1. The molecule has 0 radical (unpaired) electrons. The SMILES string of the molecule is C#CCOc1ccc(/C=N/NCc2ccc(OC)c(OC)c2)cc1OCC. The summed E-state index contributed by atoms with van der Waals surface area (Å²) in [5, 5.41) is 4.25. The Morgan fingerprint density at radius 2 is 1.78 bits per heavy atom. The van der Waals surface area contributed by atoms with Crippen molar-refractivity contribution < 1.29 is 18.9 Å². The van der Waals surface area contributed by atoms with Gasteiger partial charge < -0.3 is 24.4 Å². The predicted octanol–water partition coefficient (Wildman–Crippen LogP) is 3.24. The minimum absolute atomic E-state index is 0.195. The van der Waals surface area contributed by atoms with Gasteiger partial charge in [0, 0.05) is 0 Å². The number of hydrogen-bond acceptors (Lipinski definition) is 6. The van der Waals surface area contributed by atoms with Crippen molar-refractivity contribution in [1.82, 2.24) is 5.43 Å². The summed E-state index contributed by atoms with van der Waals surface area (Å²) in [5.41, 5.74) is 4.92. The molecule has 0 fully saturated rings. The molecular formula is C21H24N2O4. The van der Waals surface area contributed by atoms with E-state index < -0.39 is 0 Å². The molecule has 0 heterocycles. The van der Waals surface area contributed by atoms with Gasteiger partial charge in [-0.25, -0.2) is 0 Å². The zero-order chi connectivity index (χ0) is 19.5. The van der Waals surface area contributed by atoms with Crippen LogP contribution in [0.25, 0.3) is 0 Å². The molecule has 142 valence electrons. The van der Waals surface area contributed by atoms with Crippen molar-refractivity contribution in [2.24, 2.45) is 5.10 Å². The van der Waals surface area contributed by atoms with Gasteiger partial charge in [0.15, 0.2) is 23.0 Å². The summed E-state index contributed by atoms with van der Waals surface area (Å²) >= 11 is 0. The molecule has 0 aliphatic heterocycles. The normalized spacial score (nSPS) is 10.3. The monoisotopic (exact) mass is 368 g/mol. The lowest BCUT2D eigenvalue weighted by Gasteiger charge is -2.11. The van der Waals surface area contributed by atoms with Gasteiger partial charge in [-0.2, -0.15) is 5.10 Å². The van der Waals surface area contributed by atoms with Gasteiger partial charge in [-0.1, -0.05) is 12.0 Å². The van der Waals surface area contributed by atoms with Gasteiger partial charge in [0.25, 0.3) is 0 Å². The van der Waals surface area contributed by atoms with E-state index in [1.165, 1.54) is 0 Å². The van der Waals surface area contributed by atoms with E-state index in [0.29, 0.717) is 36.1 Å². The highest BCUT2D eigenvalue weighted by atomic mass is 16.5. The number of benzene rings is 2. The Morgan fingerprint density at radius 1 is 1.00 bits per heavy atom. The second-order valence-corrected chi connectivity index (χ2v) is 5.41. The Hall–Kier alpha value is -3.33. The molecule has 0 aromatic heterocycles. The van der Waals surface area contributed by atoms with E-state index in [-0.39, 0.29) is 6.61 Å². The van der Waals surface area contributed by atoms with Crippen molar-refractivity contribution in [2.75, 3.05) is 27.4 Å². The fourth-order valence-corrected chi connectivity index (χ4v) is 2.36. The summed E-state index contributed by atoms with van der Waals surface area (Å²) in [6, 6.07) is 11.3. The third-order valence-electron chi connectivity index (χ3n) is 3.61. The van der Waals surface area contributed by atoms with Crippen molar-refractivity contribution in [3.63, 3.8) is 0 Å². The molecular weight excluding hydrogens is 344 g/mol. The lowest BCUT2D eigenvalue weighted by Crippen LogP contribution is -2.06. The van der Waals surface area contributed by atoms with E-state index in [0.717, 1.165) is 11.1 Å². The summed E-state index contributed by atoms with van der Waals surface area (Å²) in [7, 11) is 3.22. The Labute approximate surface area is 160 Å². The Morgan fingerprint density at radius 3 is 2.48 bits per heavy atom. The van der Waals surface area contributed by atoms with Crippen LogP contribution in [0, 0.1) is 12.3 Å². The minimum Gasteiger partial charge on any atom is -0.493 e. The summed E-state index contributed by atoms with van der Waals surface area (Å²) in [6.45, 7) is 3.19. The zero-order valence-electron chi connectivity index (χ0n) is 15.8. The molecule has 2 aromatic carbocycles. The first-order chi connectivity index (χ1) is 13.2. The largest absolute Gasteiger partial charge is 0.493 e. The second-order valence-electron chi connectivity index (χ2n) is 5.41. The lowest BCUT2D eigenvalue weighted by molar-refractivity contribution is 0.299. The number of ether oxygens (including phenoxy) is 4. The van der Waals surface area contributed by atoms with Gasteiger partial charge in [-0.05, 0) is 48.4 Å². The Bertz CT molecular complexity index is 812. The van der Waals surface area contributed by atoms with E-state index in [4.69, 9.17) is 25.4 Å². The van der Waals surface area contributed by atoms with Crippen LogP contribution in [0.4, 0.5) is 0 Å². The lowest BCUT2D eigenvalue weighted by atomic mass is 10.2. The quantitative estimate of drug-likeness (QED) is 0.396. The zero-order valence-corrected chi connectivity index (χ0v) is 15.8. The maximum atomic E-state index is 5.60. The van der Waals surface area contributed by atoms with Crippen LogP contribution in [0.15, 0.2) is 41.5 Å². The molecule has 0 saturated carbocycles. The van der Waals surface area contributed by atoms with Crippen LogP contribution in [-0.4, -0.2) is 33.6 Å². The Kier molecular flexibility index (Phi) is 7.86. The average molecular weight is 368 g/mol. The molecule has 0 bridgehead atoms. The second kappa shape index (κ2) is 10.6. The van der Waals surface area contributed by atoms with Crippen LogP contribution in [0.1, 0.15) is 18.1 Å². The summed E-state index contributed by atoms with van der Waals surface area (Å²) < 4.78 is 21.6. The van der Waals surface area contributed by atoms with E-state index in [9.17, 15) is 0 Å². The van der Waals surface area contributed by atoms with E-state index in [1.54, 1.807) is 20.4 Å². The third kappa shape index (κ3) is 5.86. The highest BCUT2D eigenvalue weighted by molar-refractivity contribution is 5.80. The number of hydrazone groups is 1. The number of rotatable bonds is 10. The highest BCUT2D eigenvalue weighted by Crippen LogP contribution is 2.28. The van der Waals surface area contributed by atoms with Crippen molar-refractivity contribution >= 4 is 6.21 Å². The molecule has 6 heteroatoms. The number of nitrogens with one attached hydrogen (secondary N) is 1. The average Bonchev–Trinajstić information content (AvgIpc) is 2.70. The molecule has 0 atom stereocenters. The number of terminal acetylenes is 1. The summed E-state index contributed by atoms with van der Waals surface area (Å²) in [5.74, 6) is 5.07. The third-order valence-corrected chi connectivity index (χ3v) is 3.61. The van der Waals surface area contributed by atoms with Crippen molar-refractivity contribution in [3.8, 4) is 35.3 Å². The molecule has 0 unspecified atom stereocenters. The van der Waals surface area contributed by atoms with Crippen molar-refractivity contribution in [1.29, 1.82) is 0 Å². The fourth-order valence-electron chi connectivity index (χ4n) is 2.36. The Balaban J connectivity index is 1.99. The van der Waals surface area contributed by atoms with Crippen LogP contribution in [0.2, 0.25) is 0 Å². The van der Waals surface area contributed by atoms with Gasteiger partial charge in [-0.3, -0.25) is 0 Å². The number of nitrogens with zero attached hydrogens (tertiary/aromatic N) is 1. The standard InChI is InChI=1S/C21H24N2O4/c1-5-11-27-19-10-8-17(13-21(19)26-6-2)15-23-22-14-16-7-9-18(24-3)20(12-16)25-4/h1,7-10,12-13,15,22H,6,11,14H2,2-4H3/b23-15+. The number of methoxy groups -OCH3 is 2. The van der Waals surface area contributed by atoms with E-state index >= 15 is 0 Å². The van der Waals surface area contributed by atoms with Gasteiger partial charge in [0.2, 0.25) is 0 Å². The van der Waals surface area contributed by atoms with E-state index in [2.05, 4.69) is 16.4 Å². The van der Waals surface area contributed by atoms with Crippen LogP contribution in [0.3, 0.4) is 0 Å². The van der Waals surface area contributed by atoms with Crippen LogP contribution < -0.4 is 24.4 Å². The van der Waals surface area contributed by atoms with Crippen molar-refractivity contribution in [3.05, 3.63) is 47.5 Å². The topological polar surface area (TPSA) is 61.3 Å².